The van der Waals surface area contributed by atoms with Crippen LogP contribution in [-0.2, 0) is 14.2 Å². The van der Waals surface area contributed by atoms with Gasteiger partial charge < -0.3 is 14.2 Å². The molecule has 2 aliphatic rings. The highest BCUT2D eigenvalue weighted by molar-refractivity contribution is 4.89. The van der Waals surface area contributed by atoms with Crippen LogP contribution in [0.15, 0.2) is 12.7 Å². The fraction of sp³-hybridized carbons (Fsp3) is 0.857. The summed E-state index contributed by atoms with van der Waals surface area (Å²) in [5.74, 6) is 0.158. The molecule has 3 heteroatoms. The Morgan fingerprint density at radius 2 is 2.18 bits per heavy atom. The highest BCUT2D eigenvalue weighted by Gasteiger charge is 2.32. The Kier molecular flexibility index (Phi) is 4.23. The molecule has 0 spiro atoms. The van der Waals surface area contributed by atoms with Crippen molar-refractivity contribution in [1.82, 2.24) is 0 Å². The summed E-state index contributed by atoms with van der Waals surface area (Å²) in [5.41, 5.74) is 0. The van der Waals surface area contributed by atoms with Gasteiger partial charge in [0.2, 0.25) is 0 Å². The van der Waals surface area contributed by atoms with E-state index in [1.165, 1.54) is 0 Å². The minimum absolute atomic E-state index is 0.258. The first-order chi connectivity index (χ1) is 8.11. The van der Waals surface area contributed by atoms with Crippen molar-refractivity contribution in [3.05, 3.63) is 12.7 Å². The van der Waals surface area contributed by atoms with Crippen LogP contribution in [0, 0.1) is 5.92 Å². The molecule has 3 nitrogen and oxygen atoms in total. The van der Waals surface area contributed by atoms with E-state index in [4.69, 9.17) is 14.2 Å². The first-order valence-electron chi connectivity index (χ1n) is 6.66. The van der Waals surface area contributed by atoms with Gasteiger partial charge in [0, 0.05) is 12.5 Å². The maximum atomic E-state index is 5.78. The summed E-state index contributed by atoms with van der Waals surface area (Å²) in [5, 5.41) is 0. The van der Waals surface area contributed by atoms with Crippen LogP contribution in [0.3, 0.4) is 0 Å². The molecule has 0 aromatic rings. The molecule has 0 N–H and O–H groups in total. The molecule has 0 radical (unpaired) electrons. The van der Waals surface area contributed by atoms with Crippen LogP contribution in [-0.4, -0.2) is 31.2 Å². The second-order valence-corrected chi connectivity index (χ2v) is 5.48. The monoisotopic (exact) mass is 240 g/mol. The SMILES string of the molecule is C=C[C@H]1CCO[C@H]1CCCC1COC(C)(C)O1. The van der Waals surface area contributed by atoms with E-state index >= 15 is 0 Å². The lowest BCUT2D eigenvalue weighted by Crippen LogP contribution is -2.21. The van der Waals surface area contributed by atoms with E-state index in [1.54, 1.807) is 0 Å². The van der Waals surface area contributed by atoms with Crippen LogP contribution >= 0.6 is 0 Å². The van der Waals surface area contributed by atoms with Crippen molar-refractivity contribution in [2.45, 2.75) is 57.5 Å². The molecule has 98 valence electrons. The van der Waals surface area contributed by atoms with E-state index in [1.807, 2.05) is 19.9 Å². The third-order valence-corrected chi connectivity index (χ3v) is 3.65. The fourth-order valence-corrected chi connectivity index (χ4v) is 2.68. The highest BCUT2D eigenvalue weighted by Crippen LogP contribution is 2.28. The standard InChI is InChI=1S/C14H24O3/c1-4-11-8-9-15-13(11)7-5-6-12-10-16-14(2,3)17-12/h4,11-13H,1,5-10H2,2-3H3/t11-,12?,13-/m0/s1. The maximum absolute atomic E-state index is 5.78. The normalized spacial score (nSPS) is 36.2. The largest absolute Gasteiger partial charge is 0.378 e. The molecule has 0 aromatic carbocycles. The zero-order chi connectivity index (χ0) is 12.3. The first kappa shape index (κ1) is 13.1. The minimum Gasteiger partial charge on any atom is -0.378 e. The second-order valence-electron chi connectivity index (χ2n) is 5.48. The summed E-state index contributed by atoms with van der Waals surface area (Å²) in [6.07, 6.45) is 7.11. The average molecular weight is 240 g/mol. The van der Waals surface area contributed by atoms with E-state index in [0.717, 1.165) is 38.9 Å². The van der Waals surface area contributed by atoms with Crippen molar-refractivity contribution in [3.8, 4) is 0 Å². The predicted octanol–water partition coefficient (Wildman–Crippen LogP) is 2.90. The number of ether oxygens (including phenoxy) is 3. The summed E-state index contributed by atoms with van der Waals surface area (Å²) in [6, 6.07) is 0. The smallest absolute Gasteiger partial charge is 0.163 e. The van der Waals surface area contributed by atoms with E-state index in [9.17, 15) is 0 Å². The average Bonchev–Trinajstić information content (AvgIpc) is 2.85. The van der Waals surface area contributed by atoms with Gasteiger partial charge >= 0.3 is 0 Å². The number of hydrogen-bond acceptors (Lipinski definition) is 3. The van der Waals surface area contributed by atoms with Crippen LogP contribution in [0.2, 0.25) is 0 Å². The van der Waals surface area contributed by atoms with Gasteiger partial charge in [-0.15, -0.1) is 6.58 Å². The Hall–Kier alpha value is -0.380. The fourth-order valence-electron chi connectivity index (χ4n) is 2.68. The quantitative estimate of drug-likeness (QED) is 0.692. The molecule has 2 saturated heterocycles. The number of hydrogen-bond donors (Lipinski definition) is 0. The van der Waals surface area contributed by atoms with Gasteiger partial charge in [0.25, 0.3) is 0 Å². The topological polar surface area (TPSA) is 27.7 Å². The highest BCUT2D eigenvalue weighted by atomic mass is 16.7. The van der Waals surface area contributed by atoms with E-state index in [-0.39, 0.29) is 6.10 Å². The molecule has 2 heterocycles. The predicted molar refractivity (Wildman–Crippen MR) is 66.8 cm³/mol. The van der Waals surface area contributed by atoms with Crippen molar-refractivity contribution in [3.63, 3.8) is 0 Å². The second kappa shape index (κ2) is 5.51. The zero-order valence-corrected chi connectivity index (χ0v) is 11.0. The lowest BCUT2D eigenvalue weighted by atomic mass is 9.97. The lowest BCUT2D eigenvalue weighted by Gasteiger charge is -2.18. The molecular formula is C14H24O3. The summed E-state index contributed by atoms with van der Waals surface area (Å²) in [4.78, 5) is 0. The van der Waals surface area contributed by atoms with Gasteiger partial charge in [0.1, 0.15) is 0 Å². The van der Waals surface area contributed by atoms with Crippen LogP contribution in [0.1, 0.15) is 39.5 Å². The van der Waals surface area contributed by atoms with Crippen molar-refractivity contribution < 1.29 is 14.2 Å². The molecule has 0 amide bonds. The van der Waals surface area contributed by atoms with Crippen molar-refractivity contribution in [1.29, 1.82) is 0 Å². The van der Waals surface area contributed by atoms with Gasteiger partial charge in [-0.2, -0.15) is 0 Å². The minimum atomic E-state index is -0.391. The van der Waals surface area contributed by atoms with Gasteiger partial charge in [-0.05, 0) is 39.5 Å². The summed E-state index contributed by atoms with van der Waals surface area (Å²) >= 11 is 0. The molecule has 3 atom stereocenters. The van der Waals surface area contributed by atoms with Crippen molar-refractivity contribution in [2.75, 3.05) is 13.2 Å². The molecule has 2 aliphatic heterocycles. The molecule has 2 rings (SSSR count). The van der Waals surface area contributed by atoms with Crippen molar-refractivity contribution >= 4 is 0 Å². The van der Waals surface area contributed by atoms with Gasteiger partial charge in [0.15, 0.2) is 5.79 Å². The van der Waals surface area contributed by atoms with Crippen LogP contribution in [0.4, 0.5) is 0 Å². The van der Waals surface area contributed by atoms with Crippen LogP contribution < -0.4 is 0 Å². The molecule has 17 heavy (non-hydrogen) atoms. The van der Waals surface area contributed by atoms with E-state index in [0.29, 0.717) is 12.0 Å². The molecule has 1 unspecified atom stereocenters. The van der Waals surface area contributed by atoms with Crippen molar-refractivity contribution in [2.24, 2.45) is 5.92 Å². The Morgan fingerprint density at radius 1 is 1.35 bits per heavy atom. The number of rotatable bonds is 5. The molecule has 0 aromatic heterocycles. The third-order valence-electron chi connectivity index (χ3n) is 3.65. The summed E-state index contributed by atoms with van der Waals surface area (Å²) in [7, 11) is 0. The molecule has 0 bridgehead atoms. The van der Waals surface area contributed by atoms with Gasteiger partial charge in [0.05, 0.1) is 18.8 Å². The van der Waals surface area contributed by atoms with Gasteiger partial charge in [-0.3, -0.25) is 0 Å². The molecule has 0 aliphatic carbocycles. The third kappa shape index (κ3) is 3.54. The molecular weight excluding hydrogens is 216 g/mol. The molecule has 2 fully saturated rings. The van der Waals surface area contributed by atoms with E-state index < -0.39 is 5.79 Å². The van der Waals surface area contributed by atoms with Gasteiger partial charge in [-0.1, -0.05) is 6.08 Å². The first-order valence-corrected chi connectivity index (χ1v) is 6.66. The maximum Gasteiger partial charge on any atom is 0.163 e. The lowest BCUT2D eigenvalue weighted by molar-refractivity contribution is -0.139. The van der Waals surface area contributed by atoms with E-state index in [2.05, 4.69) is 6.58 Å². The Morgan fingerprint density at radius 3 is 2.82 bits per heavy atom. The Balaban J connectivity index is 1.65. The summed E-state index contributed by atoms with van der Waals surface area (Å²) in [6.45, 7) is 9.43. The van der Waals surface area contributed by atoms with Crippen LogP contribution in [0.5, 0.6) is 0 Å². The molecule has 0 saturated carbocycles. The Labute approximate surface area is 104 Å². The zero-order valence-electron chi connectivity index (χ0n) is 11.0. The van der Waals surface area contributed by atoms with Crippen LogP contribution in [0.25, 0.3) is 0 Å². The summed E-state index contributed by atoms with van der Waals surface area (Å²) < 4.78 is 17.1. The van der Waals surface area contributed by atoms with Gasteiger partial charge in [-0.25, -0.2) is 0 Å². The Bertz CT molecular complexity index is 262.